The van der Waals surface area contributed by atoms with Crippen molar-refractivity contribution in [3.63, 3.8) is 0 Å². The van der Waals surface area contributed by atoms with E-state index in [2.05, 4.69) is 34.3 Å². The first-order valence-electron chi connectivity index (χ1n) is 18.6. The molecule has 0 radical (unpaired) electrons. The Labute approximate surface area is 335 Å². The standard InChI is InChI=1S/C41H47N5O9.FS/c1-26-21-36(48)55-35-23-32(18-19-33(26)35)45-40(51)53-25-28-14-16-31(17-15-28)44-38(49)30(13-8-20-43-39(42)50)22-34(47)37(29-11-6-3-7-12-29)46-41(52)54-24-27-9-4-2-5-10-27;1-2/h2,4-5,9-10,14-19,21,23,29-30,37H,3,6-8,11-13,20,22,24-25H2,1H3,(H,44,49)(H,45,51)(H,46,52)(H3,42,43,50);/q;-1/t30-,37+;/m1./s1. The highest BCUT2D eigenvalue weighted by molar-refractivity contribution is 7.52. The first kappa shape index (κ1) is 43.8. The maximum atomic E-state index is 13.9. The van der Waals surface area contributed by atoms with Gasteiger partial charge in [-0.3, -0.25) is 14.9 Å². The summed E-state index contributed by atoms with van der Waals surface area (Å²) in [5.41, 5.74) is 8.16. The Bertz CT molecular complexity index is 2020. The molecule has 14 nitrogen and oxygen atoms in total. The van der Waals surface area contributed by atoms with Crippen molar-refractivity contribution < 1.29 is 41.7 Å². The number of benzene rings is 3. The van der Waals surface area contributed by atoms with Crippen LogP contribution >= 0.6 is 0 Å². The molecule has 1 aromatic heterocycles. The highest BCUT2D eigenvalue weighted by Gasteiger charge is 2.34. The SMILES string of the molecule is Cc1cc(=O)oc2cc(NC(=O)OCc3ccc(NC(=O)[C@H](CCCNC(N)=O)CC(=O)[C@@H](NC(=O)OCc4ccccc4)C4CCCCC4)cc3)ccc12.F[S-]. The molecule has 4 aromatic rings. The Hall–Kier alpha value is -5.90. The van der Waals surface area contributed by atoms with Crippen molar-refractivity contribution in [2.45, 2.75) is 77.5 Å². The van der Waals surface area contributed by atoms with Crippen molar-refractivity contribution in [1.29, 1.82) is 0 Å². The van der Waals surface area contributed by atoms with Gasteiger partial charge in [-0.25, -0.2) is 19.2 Å². The molecule has 1 heterocycles. The number of alkyl carbamates (subject to hydrolysis) is 1. The monoisotopic (exact) mass is 804 g/mol. The summed E-state index contributed by atoms with van der Waals surface area (Å²) in [6, 6.07) is 20.8. The third-order valence-corrected chi connectivity index (χ3v) is 9.59. The number of primary amides is 1. The van der Waals surface area contributed by atoms with E-state index in [1.54, 1.807) is 49.4 Å². The summed E-state index contributed by atoms with van der Waals surface area (Å²) in [5.74, 6) is -1.51. The molecule has 0 aliphatic heterocycles. The summed E-state index contributed by atoms with van der Waals surface area (Å²) in [4.78, 5) is 76.0. The van der Waals surface area contributed by atoms with Gasteiger partial charge in [-0.2, -0.15) is 0 Å². The Morgan fingerprint density at radius 3 is 2.18 bits per heavy atom. The number of carbonyl (C=O) groups excluding carboxylic acids is 5. The number of ether oxygens (including phenoxy) is 2. The average molecular weight is 805 g/mol. The molecule has 0 unspecified atom stereocenters. The maximum Gasteiger partial charge on any atom is 0.411 e. The van der Waals surface area contributed by atoms with Crippen LogP contribution in [0.25, 0.3) is 11.0 Å². The highest BCUT2D eigenvalue weighted by atomic mass is 32.1. The molecule has 16 heteroatoms. The molecular weight excluding hydrogens is 758 g/mol. The number of halogens is 1. The fourth-order valence-corrected chi connectivity index (χ4v) is 6.71. The number of urea groups is 1. The number of carbonyl (C=O) groups is 5. The smallest absolute Gasteiger partial charge is 0.411 e. The molecule has 57 heavy (non-hydrogen) atoms. The topological polar surface area (TPSA) is 208 Å². The molecule has 1 saturated carbocycles. The number of anilines is 2. The van der Waals surface area contributed by atoms with Gasteiger partial charge in [0.1, 0.15) is 18.8 Å². The average Bonchev–Trinajstić information content (AvgIpc) is 3.21. The number of fused-ring (bicyclic) bond motifs is 1. The Balaban J connectivity index is 0.00000354. The molecule has 0 saturated heterocycles. The molecule has 1 fully saturated rings. The van der Waals surface area contributed by atoms with Gasteiger partial charge in [-0.15, -0.1) is 0 Å². The van der Waals surface area contributed by atoms with E-state index in [4.69, 9.17) is 23.5 Å². The number of aryl methyl sites for hydroxylation is 1. The predicted octanol–water partition coefficient (Wildman–Crippen LogP) is 7.11. The molecular formula is C41H47FN5O9S-. The molecule has 5 amide bonds. The van der Waals surface area contributed by atoms with Gasteiger partial charge in [0.15, 0.2) is 5.78 Å². The Kier molecular flexibility index (Phi) is 17.4. The third-order valence-electron chi connectivity index (χ3n) is 9.59. The molecule has 1 aliphatic rings. The maximum absolute atomic E-state index is 13.9. The van der Waals surface area contributed by atoms with Crippen LogP contribution in [0, 0.1) is 18.8 Å². The lowest BCUT2D eigenvalue weighted by Gasteiger charge is -2.30. The lowest BCUT2D eigenvalue weighted by atomic mass is 9.80. The second kappa shape index (κ2) is 22.6. The number of ketones is 1. The van der Waals surface area contributed by atoms with Crippen molar-refractivity contribution in [1.82, 2.24) is 10.6 Å². The van der Waals surface area contributed by atoms with Crippen molar-refractivity contribution in [3.05, 3.63) is 106 Å². The van der Waals surface area contributed by atoms with Gasteiger partial charge in [0.25, 0.3) is 0 Å². The number of hydrogen-bond donors (Lipinski definition) is 5. The summed E-state index contributed by atoms with van der Waals surface area (Å²) < 4.78 is 25.1. The first-order chi connectivity index (χ1) is 27.5. The summed E-state index contributed by atoms with van der Waals surface area (Å²) in [7, 11) is 0. The summed E-state index contributed by atoms with van der Waals surface area (Å²) in [5, 5.41) is 11.6. The van der Waals surface area contributed by atoms with Crippen molar-refractivity contribution >= 4 is 65.3 Å². The minimum absolute atomic E-state index is 0.0568. The van der Waals surface area contributed by atoms with Gasteiger partial charge in [-0.1, -0.05) is 61.7 Å². The Morgan fingerprint density at radius 2 is 1.49 bits per heavy atom. The Morgan fingerprint density at radius 1 is 0.842 bits per heavy atom. The third kappa shape index (κ3) is 14.3. The van der Waals surface area contributed by atoms with Crippen LogP contribution in [-0.2, 0) is 45.3 Å². The van der Waals surface area contributed by atoms with Crippen LogP contribution in [0.4, 0.5) is 29.6 Å². The summed E-state index contributed by atoms with van der Waals surface area (Å²) in [6.45, 7) is 2.02. The number of nitrogens with one attached hydrogen (secondary N) is 4. The summed E-state index contributed by atoms with van der Waals surface area (Å²) in [6.07, 6.45) is 3.60. The molecule has 2 atom stereocenters. The quantitative estimate of drug-likeness (QED) is 0.0441. The molecule has 0 bridgehead atoms. The molecule has 1 aliphatic carbocycles. The highest BCUT2D eigenvalue weighted by Crippen LogP contribution is 2.29. The zero-order chi connectivity index (χ0) is 41.2. The van der Waals surface area contributed by atoms with Crippen LogP contribution in [0.15, 0.2) is 88.1 Å². The van der Waals surface area contributed by atoms with E-state index < -0.39 is 41.7 Å². The normalized spacial score (nSPS) is 13.5. The van der Waals surface area contributed by atoms with Gasteiger partial charge in [0.2, 0.25) is 5.91 Å². The van der Waals surface area contributed by atoms with Crippen LogP contribution in [-0.4, -0.2) is 42.5 Å². The van der Waals surface area contributed by atoms with E-state index in [1.165, 1.54) is 6.07 Å². The lowest BCUT2D eigenvalue weighted by molar-refractivity contribution is -0.128. The van der Waals surface area contributed by atoms with Gasteiger partial charge in [0.05, 0.1) is 6.04 Å². The zero-order valence-corrected chi connectivity index (χ0v) is 32.4. The van der Waals surface area contributed by atoms with E-state index in [0.717, 1.165) is 48.6 Å². The second-order valence-corrected chi connectivity index (χ2v) is 13.7. The fourth-order valence-electron chi connectivity index (χ4n) is 6.71. The van der Waals surface area contributed by atoms with E-state index >= 15 is 0 Å². The van der Waals surface area contributed by atoms with Gasteiger partial charge >= 0.3 is 23.8 Å². The van der Waals surface area contributed by atoms with Crippen molar-refractivity contribution in [3.8, 4) is 0 Å². The van der Waals surface area contributed by atoms with Crippen LogP contribution in [0.5, 0.6) is 0 Å². The molecule has 6 N–H and O–H groups in total. The van der Waals surface area contributed by atoms with E-state index in [0.29, 0.717) is 28.9 Å². The summed E-state index contributed by atoms with van der Waals surface area (Å²) >= 11 is 2.58. The minimum atomic E-state index is -0.815. The van der Waals surface area contributed by atoms with Gasteiger partial charge in [-0.05, 0) is 79.5 Å². The van der Waals surface area contributed by atoms with E-state index in [9.17, 15) is 28.8 Å². The van der Waals surface area contributed by atoms with Crippen molar-refractivity contribution in [2.75, 3.05) is 17.2 Å². The van der Waals surface area contributed by atoms with E-state index in [-0.39, 0.29) is 44.3 Å². The van der Waals surface area contributed by atoms with Crippen LogP contribution in [0.3, 0.4) is 0 Å². The van der Waals surface area contributed by atoms with Crippen LogP contribution in [0.1, 0.15) is 68.1 Å². The number of hydrogen-bond acceptors (Lipinski definition) is 10. The number of nitrogens with two attached hydrogens (primary N) is 1. The van der Waals surface area contributed by atoms with Gasteiger partial charge < -0.3 is 52.5 Å². The molecule has 0 spiro atoms. The first-order valence-corrected chi connectivity index (χ1v) is 18.9. The van der Waals surface area contributed by atoms with Crippen molar-refractivity contribution in [2.24, 2.45) is 17.6 Å². The predicted molar refractivity (Wildman–Crippen MR) is 215 cm³/mol. The number of amides is 5. The van der Waals surface area contributed by atoms with E-state index in [1.807, 2.05) is 30.3 Å². The lowest BCUT2D eigenvalue weighted by Crippen LogP contribution is -2.47. The molecule has 5 rings (SSSR count). The number of rotatable bonds is 16. The molecule has 3 aromatic carbocycles. The zero-order valence-electron chi connectivity index (χ0n) is 31.6. The van der Waals surface area contributed by atoms with Crippen LogP contribution < -0.4 is 32.6 Å². The second-order valence-electron chi connectivity index (χ2n) is 13.7. The van der Waals surface area contributed by atoms with Gasteiger partial charge in [0, 0.05) is 47.8 Å². The number of Topliss-reactive ketones (excluding diaryl/α,β-unsaturated/α-hetero) is 1. The minimum Gasteiger partial charge on any atom is -0.572 e. The molecule has 304 valence electrons. The fraction of sp³-hybridized carbons (Fsp3) is 0.366. The largest absolute Gasteiger partial charge is 0.572 e. The van der Waals surface area contributed by atoms with Crippen LogP contribution in [0.2, 0.25) is 0 Å².